The lowest BCUT2D eigenvalue weighted by molar-refractivity contribution is 0.0959. The molecular weight excluding hydrogens is 282 g/mol. The number of ketones is 1. The van der Waals surface area contributed by atoms with Gasteiger partial charge in [-0.1, -0.05) is 70.4 Å². The van der Waals surface area contributed by atoms with Crippen LogP contribution in [-0.2, 0) is 0 Å². The molecule has 0 saturated heterocycles. The first-order chi connectivity index (χ1) is 11.2. The zero-order valence-electron chi connectivity index (χ0n) is 14.8. The van der Waals surface area contributed by atoms with Gasteiger partial charge in [-0.2, -0.15) is 0 Å². The average molecular weight is 313 g/mol. The van der Waals surface area contributed by atoms with Crippen molar-refractivity contribution in [3.8, 4) is 0 Å². The summed E-state index contributed by atoms with van der Waals surface area (Å²) in [6.07, 6.45) is 12.9. The number of rotatable bonds is 10. The van der Waals surface area contributed by atoms with Crippen molar-refractivity contribution in [2.75, 3.05) is 0 Å². The van der Waals surface area contributed by atoms with Crippen molar-refractivity contribution in [2.24, 2.45) is 10.9 Å². The van der Waals surface area contributed by atoms with Crippen LogP contribution in [-0.4, -0.2) is 11.5 Å². The maximum Gasteiger partial charge on any atom is 0.173 e. The predicted molar refractivity (Wildman–Crippen MR) is 98.9 cm³/mol. The molecule has 0 aromatic heterocycles. The molecule has 0 aliphatic carbocycles. The second-order valence-electron chi connectivity index (χ2n) is 6.78. The number of hydrogen-bond donors (Lipinski definition) is 0. The number of carbonyl (C=O) groups excluding carboxylic acids is 1. The van der Waals surface area contributed by atoms with E-state index >= 15 is 0 Å². The highest BCUT2D eigenvalue weighted by Gasteiger charge is 2.26. The van der Waals surface area contributed by atoms with Gasteiger partial charge in [0.1, 0.15) is 0 Å². The van der Waals surface area contributed by atoms with Crippen LogP contribution in [0.1, 0.15) is 88.4 Å². The molecule has 0 N–H and O–H groups in total. The minimum atomic E-state index is -0.0426. The van der Waals surface area contributed by atoms with Gasteiger partial charge in [0.25, 0.3) is 0 Å². The molecule has 1 heterocycles. The van der Waals surface area contributed by atoms with E-state index < -0.39 is 0 Å². The fraction of sp³-hybridized carbons (Fsp3) is 0.619. The summed E-state index contributed by atoms with van der Waals surface area (Å²) in [6, 6.07) is 7.73. The summed E-state index contributed by atoms with van der Waals surface area (Å²) in [5.74, 6) is 0.195. The minimum Gasteiger partial charge on any atom is -0.293 e. The first kappa shape index (κ1) is 17.9. The molecule has 0 amide bonds. The molecule has 0 fully saturated rings. The van der Waals surface area contributed by atoms with Crippen LogP contribution in [0.2, 0.25) is 0 Å². The van der Waals surface area contributed by atoms with E-state index in [4.69, 9.17) is 4.99 Å². The minimum absolute atomic E-state index is 0.0426. The summed E-state index contributed by atoms with van der Waals surface area (Å²) in [7, 11) is 0. The lowest BCUT2D eigenvalue weighted by atomic mass is 9.88. The van der Waals surface area contributed by atoms with Crippen molar-refractivity contribution < 1.29 is 4.79 Å². The number of benzene rings is 1. The van der Waals surface area contributed by atoms with E-state index in [0.717, 1.165) is 29.8 Å². The molecule has 0 saturated carbocycles. The maximum atomic E-state index is 12.4. The predicted octanol–water partition coefficient (Wildman–Crippen LogP) is 6.51. The van der Waals surface area contributed by atoms with Crippen molar-refractivity contribution in [3.63, 3.8) is 0 Å². The number of nitrogens with zero attached hydrogens (tertiary/aromatic N) is 1. The van der Waals surface area contributed by atoms with Gasteiger partial charge in [0.05, 0.1) is 11.6 Å². The van der Waals surface area contributed by atoms with E-state index in [1.807, 2.05) is 31.2 Å². The quantitative estimate of drug-likeness (QED) is 0.452. The molecule has 2 nitrogen and oxygen atoms in total. The SMILES string of the molecule is CCCCCCCCCCCC1=Nc2ccccc2C(=O)C1C. The molecule has 0 bridgehead atoms. The molecule has 1 atom stereocenters. The number of hydrogen-bond acceptors (Lipinski definition) is 2. The van der Waals surface area contributed by atoms with E-state index in [9.17, 15) is 4.79 Å². The maximum absolute atomic E-state index is 12.4. The van der Waals surface area contributed by atoms with E-state index in [-0.39, 0.29) is 11.7 Å². The Morgan fingerprint density at radius 3 is 2.22 bits per heavy atom. The van der Waals surface area contributed by atoms with E-state index in [1.165, 1.54) is 51.4 Å². The molecule has 1 aliphatic rings. The summed E-state index contributed by atoms with van der Waals surface area (Å²) in [5, 5.41) is 0. The van der Waals surface area contributed by atoms with Crippen molar-refractivity contribution in [1.82, 2.24) is 0 Å². The van der Waals surface area contributed by atoms with Gasteiger partial charge in [-0.25, -0.2) is 0 Å². The van der Waals surface area contributed by atoms with Gasteiger partial charge in [-0.15, -0.1) is 0 Å². The van der Waals surface area contributed by atoms with Gasteiger partial charge < -0.3 is 0 Å². The van der Waals surface area contributed by atoms with Crippen LogP contribution in [0.4, 0.5) is 5.69 Å². The Morgan fingerprint density at radius 2 is 1.52 bits per heavy atom. The number of Topliss-reactive ketones (excluding diaryl/α,β-unsaturated/α-hetero) is 1. The van der Waals surface area contributed by atoms with Crippen molar-refractivity contribution in [1.29, 1.82) is 0 Å². The Bertz CT molecular complexity index is 532. The number of fused-ring (bicyclic) bond motifs is 1. The van der Waals surface area contributed by atoms with Gasteiger partial charge >= 0.3 is 0 Å². The molecule has 1 aromatic carbocycles. The van der Waals surface area contributed by atoms with Crippen molar-refractivity contribution in [3.05, 3.63) is 29.8 Å². The van der Waals surface area contributed by atoms with Gasteiger partial charge in [0.15, 0.2) is 5.78 Å². The van der Waals surface area contributed by atoms with Crippen LogP contribution in [0.5, 0.6) is 0 Å². The summed E-state index contributed by atoms with van der Waals surface area (Å²) in [5.41, 5.74) is 2.73. The highest BCUT2D eigenvalue weighted by molar-refractivity contribution is 6.17. The topological polar surface area (TPSA) is 29.4 Å². The molecule has 126 valence electrons. The number of unbranched alkanes of at least 4 members (excludes halogenated alkanes) is 8. The fourth-order valence-electron chi connectivity index (χ4n) is 3.30. The van der Waals surface area contributed by atoms with Gasteiger partial charge in [-0.3, -0.25) is 9.79 Å². The molecule has 0 spiro atoms. The summed E-state index contributed by atoms with van der Waals surface area (Å²) >= 11 is 0. The van der Waals surface area contributed by atoms with Crippen LogP contribution in [0.25, 0.3) is 0 Å². The van der Waals surface area contributed by atoms with Crippen LogP contribution in [0.3, 0.4) is 0 Å². The number of para-hydroxylation sites is 1. The Balaban J connectivity index is 1.70. The summed E-state index contributed by atoms with van der Waals surface area (Å²) < 4.78 is 0. The Kier molecular flexibility index (Phi) is 7.51. The average Bonchev–Trinajstić information content (AvgIpc) is 2.57. The standard InChI is InChI=1S/C21H31NO/c1-3-4-5-6-7-8-9-10-11-15-19-17(2)21(23)18-14-12-13-16-20(18)22-19/h12-14,16-17H,3-11,15H2,1-2H3. The van der Waals surface area contributed by atoms with Crippen LogP contribution >= 0.6 is 0 Å². The molecule has 2 heteroatoms. The van der Waals surface area contributed by atoms with Crippen LogP contribution in [0.15, 0.2) is 29.3 Å². The summed E-state index contributed by atoms with van der Waals surface area (Å²) in [4.78, 5) is 17.1. The lowest BCUT2D eigenvalue weighted by Crippen LogP contribution is -2.24. The van der Waals surface area contributed by atoms with Gasteiger partial charge in [0, 0.05) is 11.3 Å². The third kappa shape index (κ3) is 5.30. The highest BCUT2D eigenvalue weighted by atomic mass is 16.1. The van der Waals surface area contributed by atoms with Gasteiger partial charge in [0.2, 0.25) is 0 Å². The van der Waals surface area contributed by atoms with Crippen LogP contribution < -0.4 is 0 Å². The zero-order chi connectivity index (χ0) is 16.5. The van der Waals surface area contributed by atoms with Crippen molar-refractivity contribution in [2.45, 2.75) is 78.1 Å². The molecule has 2 rings (SSSR count). The van der Waals surface area contributed by atoms with E-state index in [2.05, 4.69) is 6.92 Å². The van der Waals surface area contributed by atoms with E-state index in [0.29, 0.717) is 0 Å². The fourth-order valence-corrected chi connectivity index (χ4v) is 3.30. The van der Waals surface area contributed by atoms with E-state index in [1.54, 1.807) is 0 Å². The third-order valence-electron chi connectivity index (χ3n) is 4.86. The van der Waals surface area contributed by atoms with Gasteiger partial charge in [-0.05, 0) is 31.9 Å². The monoisotopic (exact) mass is 313 g/mol. The highest BCUT2D eigenvalue weighted by Crippen LogP contribution is 2.29. The lowest BCUT2D eigenvalue weighted by Gasteiger charge is -2.20. The molecule has 1 aromatic rings. The first-order valence-corrected chi connectivity index (χ1v) is 9.44. The number of aliphatic imine (C=N–C) groups is 1. The molecule has 1 aliphatic heterocycles. The number of carbonyl (C=O) groups is 1. The molecule has 0 radical (unpaired) electrons. The Morgan fingerprint density at radius 1 is 0.913 bits per heavy atom. The summed E-state index contributed by atoms with van der Waals surface area (Å²) in [6.45, 7) is 4.27. The molecular formula is C21H31NO. The third-order valence-corrected chi connectivity index (χ3v) is 4.86. The largest absolute Gasteiger partial charge is 0.293 e. The normalized spacial score (nSPS) is 17.0. The Labute approximate surface area is 141 Å². The second kappa shape index (κ2) is 9.64. The van der Waals surface area contributed by atoms with Crippen molar-refractivity contribution >= 4 is 17.2 Å². The molecule has 23 heavy (non-hydrogen) atoms. The molecule has 1 unspecified atom stereocenters. The smallest absolute Gasteiger partial charge is 0.173 e. The Hall–Kier alpha value is -1.44. The first-order valence-electron chi connectivity index (χ1n) is 9.44. The second-order valence-corrected chi connectivity index (χ2v) is 6.78. The zero-order valence-corrected chi connectivity index (χ0v) is 14.8. The van der Waals surface area contributed by atoms with Crippen LogP contribution in [0, 0.1) is 5.92 Å².